The van der Waals surface area contributed by atoms with E-state index in [0.29, 0.717) is 0 Å². The van der Waals surface area contributed by atoms with Crippen LogP contribution in [-0.2, 0) is 28.8 Å². The molecule has 0 saturated heterocycles. The molecule has 0 aliphatic heterocycles. The van der Waals surface area contributed by atoms with E-state index in [4.69, 9.17) is 26.8 Å². The van der Waals surface area contributed by atoms with Gasteiger partial charge < -0.3 is 42.7 Å². The summed E-state index contributed by atoms with van der Waals surface area (Å²) >= 11 is 0. The minimum absolute atomic E-state index is 0.0877. The molecule has 0 heterocycles. The topological polar surface area (TPSA) is 251 Å². The quantitative estimate of drug-likeness (QED) is 0.120. The number of aliphatic hydroxyl groups excluding tert-OH is 1. The third kappa shape index (κ3) is 11.2. The third-order valence-corrected chi connectivity index (χ3v) is 4.18. The Morgan fingerprint density at radius 2 is 1.34 bits per heavy atom. The molecule has 14 nitrogen and oxygen atoms in total. The highest BCUT2D eigenvalue weighted by Crippen LogP contribution is 2.08. The predicted octanol–water partition coefficient (Wildman–Crippen LogP) is -3.37. The van der Waals surface area contributed by atoms with Gasteiger partial charge in [-0.3, -0.25) is 24.0 Å². The number of aliphatic carboxylic acids is 2. The van der Waals surface area contributed by atoms with Gasteiger partial charge in [0.15, 0.2) is 0 Å². The molecule has 0 aromatic heterocycles. The lowest BCUT2D eigenvalue weighted by molar-refractivity contribution is -0.143. The van der Waals surface area contributed by atoms with Gasteiger partial charge in [-0.25, -0.2) is 4.79 Å². The van der Waals surface area contributed by atoms with Crippen LogP contribution in [0, 0.1) is 5.92 Å². The first-order valence-corrected chi connectivity index (χ1v) is 9.78. The number of nitrogens with two attached hydrogens (primary N) is 2. The Morgan fingerprint density at radius 1 is 0.844 bits per heavy atom. The fraction of sp³-hybridized carbons (Fsp3) is 0.667. The number of rotatable bonds is 15. The Labute approximate surface area is 184 Å². The van der Waals surface area contributed by atoms with E-state index in [9.17, 15) is 28.8 Å². The number of carbonyl (C=O) groups is 6. The minimum Gasteiger partial charge on any atom is -0.481 e. The van der Waals surface area contributed by atoms with Crippen LogP contribution in [-0.4, -0.2) is 81.7 Å². The normalized spacial score (nSPS) is 14.5. The largest absolute Gasteiger partial charge is 0.481 e. The van der Waals surface area contributed by atoms with E-state index in [0.717, 1.165) is 0 Å². The number of primary amides is 1. The van der Waals surface area contributed by atoms with Crippen molar-refractivity contribution in [3.8, 4) is 0 Å². The van der Waals surface area contributed by atoms with Crippen molar-refractivity contribution in [2.45, 2.75) is 63.7 Å². The van der Waals surface area contributed by atoms with Gasteiger partial charge in [0.2, 0.25) is 23.6 Å². The van der Waals surface area contributed by atoms with Crippen molar-refractivity contribution in [3.63, 3.8) is 0 Å². The first-order valence-electron chi connectivity index (χ1n) is 9.78. The van der Waals surface area contributed by atoms with Gasteiger partial charge in [-0.15, -0.1) is 0 Å². The molecule has 0 rings (SSSR count). The Bertz CT molecular complexity index is 713. The lowest BCUT2D eigenvalue weighted by Gasteiger charge is -2.25. The highest BCUT2D eigenvalue weighted by molar-refractivity contribution is 5.95. The van der Waals surface area contributed by atoms with Crippen molar-refractivity contribution in [1.82, 2.24) is 16.0 Å². The Balaban J connectivity index is 5.49. The van der Waals surface area contributed by atoms with Gasteiger partial charge in [0.25, 0.3) is 0 Å². The fourth-order valence-electron chi connectivity index (χ4n) is 2.55. The zero-order valence-corrected chi connectivity index (χ0v) is 17.9. The molecule has 0 aliphatic carbocycles. The molecule has 32 heavy (non-hydrogen) atoms. The molecule has 4 amide bonds. The maximum atomic E-state index is 12.7. The molecular weight excluding hydrogens is 430 g/mol. The zero-order valence-electron chi connectivity index (χ0n) is 17.9. The molecule has 0 radical (unpaired) electrons. The second-order valence-corrected chi connectivity index (χ2v) is 7.54. The van der Waals surface area contributed by atoms with Gasteiger partial charge in [0.1, 0.15) is 18.1 Å². The van der Waals surface area contributed by atoms with Crippen LogP contribution in [0.1, 0.15) is 39.5 Å². The third-order valence-electron chi connectivity index (χ3n) is 4.18. The molecule has 0 bridgehead atoms. The number of hydrogen-bond donors (Lipinski definition) is 8. The molecule has 4 unspecified atom stereocenters. The van der Waals surface area contributed by atoms with Gasteiger partial charge in [0, 0.05) is 6.42 Å². The smallest absolute Gasteiger partial charge is 0.328 e. The van der Waals surface area contributed by atoms with E-state index in [-0.39, 0.29) is 25.2 Å². The Hall–Kier alpha value is -3.26. The summed E-state index contributed by atoms with van der Waals surface area (Å²) in [5, 5.41) is 33.5. The van der Waals surface area contributed by atoms with Gasteiger partial charge in [0.05, 0.1) is 19.1 Å². The average molecular weight is 461 g/mol. The lowest BCUT2D eigenvalue weighted by atomic mass is 10.0. The molecule has 0 aromatic rings. The van der Waals surface area contributed by atoms with E-state index < -0.39 is 72.8 Å². The molecule has 10 N–H and O–H groups in total. The van der Waals surface area contributed by atoms with Gasteiger partial charge >= 0.3 is 11.9 Å². The summed E-state index contributed by atoms with van der Waals surface area (Å²) in [5.74, 6) is -6.43. The summed E-state index contributed by atoms with van der Waals surface area (Å²) in [5.41, 5.74) is 10.6. The second kappa shape index (κ2) is 13.9. The van der Waals surface area contributed by atoms with Crippen LogP contribution in [0.2, 0.25) is 0 Å². The van der Waals surface area contributed by atoms with E-state index in [1.807, 2.05) is 0 Å². The monoisotopic (exact) mass is 461 g/mol. The van der Waals surface area contributed by atoms with E-state index in [2.05, 4.69) is 16.0 Å². The zero-order chi connectivity index (χ0) is 25.0. The average Bonchev–Trinajstić information content (AvgIpc) is 2.66. The summed E-state index contributed by atoms with van der Waals surface area (Å²) in [6, 6.07) is -5.65. The summed E-state index contributed by atoms with van der Waals surface area (Å²) in [6.45, 7) is 2.61. The van der Waals surface area contributed by atoms with Crippen LogP contribution >= 0.6 is 0 Å². The summed E-state index contributed by atoms with van der Waals surface area (Å²) in [7, 11) is 0. The number of amides is 4. The highest BCUT2D eigenvalue weighted by atomic mass is 16.4. The second-order valence-electron chi connectivity index (χ2n) is 7.54. The van der Waals surface area contributed by atoms with Crippen molar-refractivity contribution in [3.05, 3.63) is 0 Å². The van der Waals surface area contributed by atoms with E-state index in [1.54, 1.807) is 13.8 Å². The van der Waals surface area contributed by atoms with Gasteiger partial charge in [-0.1, -0.05) is 13.8 Å². The Kier molecular flexibility index (Phi) is 12.5. The molecule has 14 heteroatoms. The SMILES string of the molecule is CC(C)CC(NC(=O)C(CCC(N)=O)NC(=O)C(N)CC(=O)O)C(=O)NC(CO)C(=O)O. The maximum absolute atomic E-state index is 12.7. The standard InChI is InChI=1S/C18H31N5O9/c1-8(2)5-11(17(30)23-12(7-24)18(31)32)22-16(29)10(3-4-13(20)25)21-15(28)9(19)6-14(26)27/h8-12,24H,3-7,19H2,1-2H3,(H2,20,25)(H,21,28)(H,22,29)(H,23,30)(H,26,27)(H,31,32). The van der Waals surface area contributed by atoms with Crippen molar-refractivity contribution < 1.29 is 44.1 Å². The van der Waals surface area contributed by atoms with Crippen LogP contribution in [0.4, 0.5) is 0 Å². The molecule has 0 aromatic carbocycles. The lowest BCUT2D eigenvalue weighted by Crippen LogP contribution is -2.57. The minimum atomic E-state index is -1.59. The molecule has 0 aliphatic rings. The van der Waals surface area contributed by atoms with Gasteiger partial charge in [-0.05, 0) is 18.8 Å². The van der Waals surface area contributed by atoms with Crippen molar-refractivity contribution in [2.24, 2.45) is 17.4 Å². The number of carbonyl (C=O) groups excluding carboxylic acids is 4. The molecule has 0 spiro atoms. The molecule has 0 saturated carbocycles. The van der Waals surface area contributed by atoms with Crippen LogP contribution in [0.25, 0.3) is 0 Å². The molecule has 4 atom stereocenters. The first-order chi connectivity index (χ1) is 14.8. The van der Waals surface area contributed by atoms with Crippen LogP contribution in [0.3, 0.4) is 0 Å². The number of carboxylic acids is 2. The maximum Gasteiger partial charge on any atom is 0.328 e. The number of carboxylic acid groups (broad SMARTS) is 2. The van der Waals surface area contributed by atoms with Crippen molar-refractivity contribution in [1.29, 1.82) is 0 Å². The number of aliphatic hydroxyl groups is 1. The van der Waals surface area contributed by atoms with Crippen LogP contribution < -0.4 is 27.4 Å². The molecule has 182 valence electrons. The summed E-state index contributed by atoms with van der Waals surface area (Å²) in [6.07, 6.45) is -1.17. The molecule has 0 fully saturated rings. The van der Waals surface area contributed by atoms with E-state index >= 15 is 0 Å². The van der Waals surface area contributed by atoms with Crippen LogP contribution in [0.15, 0.2) is 0 Å². The van der Waals surface area contributed by atoms with Crippen molar-refractivity contribution in [2.75, 3.05) is 6.61 Å². The molecular formula is C18H31N5O9. The number of nitrogens with one attached hydrogen (secondary N) is 3. The van der Waals surface area contributed by atoms with E-state index in [1.165, 1.54) is 0 Å². The highest BCUT2D eigenvalue weighted by Gasteiger charge is 2.31. The predicted molar refractivity (Wildman–Crippen MR) is 109 cm³/mol. The van der Waals surface area contributed by atoms with Crippen LogP contribution in [0.5, 0.6) is 0 Å². The number of hydrogen-bond acceptors (Lipinski definition) is 8. The first kappa shape index (κ1) is 28.7. The summed E-state index contributed by atoms with van der Waals surface area (Å²) < 4.78 is 0. The Morgan fingerprint density at radius 3 is 1.78 bits per heavy atom. The summed E-state index contributed by atoms with van der Waals surface area (Å²) in [4.78, 5) is 70.2. The van der Waals surface area contributed by atoms with Gasteiger partial charge in [-0.2, -0.15) is 0 Å². The van der Waals surface area contributed by atoms with Crippen molar-refractivity contribution >= 4 is 35.6 Å². The fourth-order valence-corrected chi connectivity index (χ4v) is 2.55.